The first kappa shape index (κ1) is 17.8. The number of aliphatic carboxylic acids is 1. The van der Waals surface area contributed by atoms with Gasteiger partial charge in [0.25, 0.3) is 0 Å². The van der Waals surface area contributed by atoms with Gasteiger partial charge in [0.2, 0.25) is 5.91 Å². The maximum atomic E-state index is 12.9. The smallest absolute Gasteiger partial charge is 0.309 e. The Kier molecular flexibility index (Phi) is 4.52. The number of ether oxygens (including phenoxy) is 1. The zero-order valence-electron chi connectivity index (χ0n) is 15.2. The van der Waals surface area contributed by atoms with Gasteiger partial charge >= 0.3 is 5.97 Å². The van der Waals surface area contributed by atoms with Crippen LogP contribution < -0.4 is 10.1 Å². The monoisotopic (exact) mass is 345 g/mol. The number of amides is 1. The first-order chi connectivity index (χ1) is 11.8. The lowest BCUT2D eigenvalue weighted by Crippen LogP contribution is -2.39. The third-order valence-electron chi connectivity index (χ3n) is 5.88. The Labute approximate surface area is 148 Å². The molecule has 136 valence electrons. The maximum Gasteiger partial charge on any atom is 0.309 e. The summed E-state index contributed by atoms with van der Waals surface area (Å²) in [7, 11) is 0. The molecule has 0 radical (unpaired) electrons. The van der Waals surface area contributed by atoms with Crippen LogP contribution in [0.15, 0.2) is 24.3 Å². The summed E-state index contributed by atoms with van der Waals surface area (Å²) in [6.07, 6.45) is 3.20. The zero-order chi connectivity index (χ0) is 18.2. The summed E-state index contributed by atoms with van der Waals surface area (Å²) in [5.74, 6) is 0.0743. The second-order valence-electron chi connectivity index (χ2n) is 7.97. The minimum absolute atomic E-state index is 0.00290. The first-order valence-electron chi connectivity index (χ1n) is 9.07. The highest BCUT2D eigenvalue weighted by molar-refractivity contribution is 5.87. The van der Waals surface area contributed by atoms with E-state index in [1.165, 1.54) is 0 Å². The molecule has 0 aromatic heterocycles. The van der Waals surface area contributed by atoms with Crippen molar-refractivity contribution in [2.75, 3.05) is 0 Å². The molecule has 25 heavy (non-hydrogen) atoms. The molecule has 2 saturated carbocycles. The SMILES string of the molecule is CC(C)Oc1ccc(C(C)NC(=O)C23CCC(C(=O)O)(CC2)C3)cc1. The molecule has 1 amide bonds. The number of fused-ring (bicyclic) bond motifs is 2. The van der Waals surface area contributed by atoms with E-state index >= 15 is 0 Å². The number of nitrogens with one attached hydrogen (secondary N) is 1. The summed E-state index contributed by atoms with van der Waals surface area (Å²) in [4.78, 5) is 24.4. The zero-order valence-corrected chi connectivity index (χ0v) is 15.2. The van der Waals surface area contributed by atoms with Crippen LogP contribution in [0.25, 0.3) is 0 Å². The van der Waals surface area contributed by atoms with Gasteiger partial charge in [-0.3, -0.25) is 9.59 Å². The van der Waals surface area contributed by atoms with Gasteiger partial charge in [-0.1, -0.05) is 12.1 Å². The number of carboxylic acids is 1. The average molecular weight is 345 g/mol. The van der Waals surface area contributed by atoms with Gasteiger partial charge in [0, 0.05) is 0 Å². The molecule has 1 atom stereocenters. The minimum Gasteiger partial charge on any atom is -0.491 e. The number of carbonyl (C=O) groups is 2. The van der Waals surface area contributed by atoms with Crippen LogP contribution >= 0.6 is 0 Å². The molecular weight excluding hydrogens is 318 g/mol. The lowest BCUT2D eigenvalue weighted by molar-refractivity contribution is -0.148. The summed E-state index contributed by atoms with van der Waals surface area (Å²) in [6, 6.07) is 7.64. The summed E-state index contributed by atoms with van der Waals surface area (Å²) < 4.78 is 5.64. The Morgan fingerprint density at radius 3 is 2.08 bits per heavy atom. The topological polar surface area (TPSA) is 75.6 Å². The van der Waals surface area contributed by atoms with E-state index in [4.69, 9.17) is 4.74 Å². The van der Waals surface area contributed by atoms with E-state index in [1.54, 1.807) is 0 Å². The summed E-state index contributed by atoms with van der Waals surface area (Å²) >= 11 is 0. The van der Waals surface area contributed by atoms with Gasteiger partial charge in [-0.15, -0.1) is 0 Å². The molecule has 0 aliphatic heterocycles. The molecule has 3 rings (SSSR count). The van der Waals surface area contributed by atoms with Gasteiger partial charge in [0.1, 0.15) is 5.75 Å². The standard InChI is InChI=1S/C20H27NO4/c1-13(2)25-16-6-4-15(5-7-16)14(3)21-17(22)19-8-10-20(12-19,11-9-19)18(23)24/h4-7,13-14H,8-12H2,1-3H3,(H,21,22)(H,23,24). The van der Waals surface area contributed by atoms with Gasteiger partial charge in [0.05, 0.1) is 23.0 Å². The van der Waals surface area contributed by atoms with E-state index in [1.807, 2.05) is 45.0 Å². The van der Waals surface area contributed by atoms with Crippen LogP contribution in [0.2, 0.25) is 0 Å². The molecule has 1 aromatic rings. The van der Waals surface area contributed by atoms with Gasteiger partial charge in [-0.25, -0.2) is 0 Å². The van der Waals surface area contributed by atoms with E-state index < -0.39 is 16.8 Å². The molecule has 5 nitrogen and oxygen atoms in total. The Balaban J connectivity index is 1.64. The number of benzene rings is 1. The number of rotatable bonds is 6. The predicted octanol–water partition coefficient (Wildman–Crippen LogP) is 3.69. The molecule has 5 heteroatoms. The normalized spacial score (nSPS) is 28.8. The Morgan fingerprint density at radius 2 is 1.60 bits per heavy atom. The molecule has 1 unspecified atom stereocenters. The summed E-state index contributed by atoms with van der Waals surface area (Å²) in [6.45, 7) is 5.92. The van der Waals surface area contributed by atoms with Crippen LogP contribution in [-0.2, 0) is 9.59 Å². The highest BCUT2D eigenvalue weighted by atomic mass is 16.5. The average Bonchev–Trinajstić information content (AvgIpc) is 3.14. The lowest BCUT2D eigenvalue weighted by Gasteiger charge is -2.27. The highest BCUT2D eigenvalue weighted by Gasteiger charge is 2.61. The van der Waals surface area contributed by atoms with E-state index in [0.29, 0.717) is 32.1 Å². The van der Waals surface area contributed by atoms with E-state index in [9.17, 15) is 14.7 Å². The number of carboxylic acid groups (broad SMARTS) is 1. The fourth-order valence-electron chi connectivity index (χ4n) is 4.35. The summed E-state index contributed by atoms with van der Waals surface area (Å²) in [5, 5.41) is 12.6. The maximum absolute atomic E-state index is 12.9. The van der Waals surface area contributed by atoms with Crippen molar-refractivity contribution in [1.82, 2.24) is 5.32 Å². The fraction of sp³-hybridized carbons (Fsp3) is 0.600. The third-order valence-corrected chi connectivity index (χ3v) is 5.88. The van der Waals surface area contributed by atoms with Crippen molar-refractivity contribution in [2.45, 2.75) is 65.0 Å². The molecule has 0 heterocycles. The number of hydrogen-bond acceptors (Lipinski definition) is 3. The quantitative estimate of drug-likeness (QED) is 0.824. The lowest BCUT2D eigenvalue weighted by atomic mass is 9.81. The summed E-state index contributed by atoms with van der Waals surface area (Å²) in [5.41, 5.74) is -0.148. The molecule has 2 aliphatic rings. The molecule has 2 bridgehead atoms. The first-order valence-corrected chi connectivity index (χ1v) is 9.07. The van der Waals surface area contributed by atoms with Crippen LogP contribution in [0, 0.1) is 10.8 Å². The Bertz CT molecular complexity index is 657. The Hall–Kier alpha value is -2.04. The third kappa shape index (κ3) is 3.24. The van der Waals surface area contributed by atoms with Crippen molar-refractivity contribution in [3.05, 3.63) is 29.8 Å². The molecule has 2 N–H and O–H groups in total. The fourth-order valence-corrected chi connectivity index (χ4v) is 4.35. The van der Waals surface area contributed by atoms with Gasteiger partial charge in [-0.2, -0.15) is 0 Å². The van der Waals surface area contributed by atoms with Crippen LogP contribution in [0.4, 0.5) is 0 Å². The van der Waals surface area contributed by atoms with Crippen molar-refractivity contribution in [1.29, 1.82) is 0 Å². The molecule has 2 fully saturated rings. The highest BCUT2D eigenvalue weighted by Crippen LogP contribution is 2.61. The van der Waals surface area contributed by atoms with Crippen LogP contribution in [0.3, 0.4) is 0 Å². The van der Waals surface area contributed by atoms with E-state index in [2.05, 4.69) is 5.32 Å². The Morgan fingerprint density at radius 1 is 1.04 bits per heavy atom. The molecular formula is C20H27NO4. The van der Waals surface area contributed by atoms with Crippen molar-refractivity contribution < 1.29 is 19.4 Å². The van der Waals surface area contributed by atoms with Crippen molar-refractivity contribution in [3.8, 4) is 5.75 Å². The largest absolute Gasteiger partial charge is 0.491 e. The van der Waals surface area contributed by atoms with Gasteiger partial charge in [-0.05, 0) is 70.6 Å². The van der Waals surface area contributed by atoms with Crippen LogP contribution in [-0.4, -0.2) is 23.1 Å². The van der Waals surface area contributed by atoms with E-state index in [-0.39, 0.29) is 18.1 Å². The van der Waals surface area contributed by atoms with Crippen molar-refractivity contribution in [2.24, 2.45) is 10.8 Å². The van der Waals surface area contributed by atoms with Crippen molar-refractivity contribution in [3.63, 3.8) is 0 Å². The van der Waals surface area contributed by atoms with Crippen LogP contribution in [0.5, 0.6) is 5.75 Å². The number of hydrogen-bond donors (Lipinski definition) is 2. The second kappa shape index (κ2) is 6.36. The molecule has 0 saturated heterocycles. The number of carbonyl (C=O) groups excluding carboxylic acids is 1. The predicted molar refractivity (Wildman–Crippen MR) is 94.4 cm³/mol. The minimum atomic E-state index is -0.742. The van der Waals surface area contributed by atoms with Crippen LogP contribution in [0.1, 0.15) is 64.5 Å². The van der Waals surface area contributed by atoms with Gasteiger partial charge in [0.15, 0.2) is 0 Å². The van der Waals surface area contributed by atoms with Crippen molar-refractivity contribution >= 4 is 11.9 Å². The molecule has 1 aromatic carbocycles. The molecule has 0 spiro atoms. The van der Waals surface area contributed by atoms with E-state index in [0.717, 1.165) is 11.3 Å². The van der Waals surface area contributed by atoms with Gasteiger partial charge < -0.3 is 15.2 Å². The molecule has 2 aliphatic carbocycles. The second-order valence-corrected chi connectivity index (χ2v) is 7.97.